The third-order valence-corrected chi connectivity index (χ3v) is 12.4. The third kappa shape index (κ3) is 4.68. The van der Waals surface area contributed by atoms with E-state index in [1.807, 2.05) is 37.3 Å². The zero-order valence-corrected chi connectivity index (χ0v) is 29.2. The van der Waals surface area contributed by atoms with E-state index in [0.717, 1.165) is 21.3 Å². The van der Waals surface area contributed by atoms with E-state index in [4.69, 9.17) is 28.3 Å². The van der Waals surface area contributed by atoms with Gasteiger partial charge in [0.2, 0.25) is 0 Å². The second kappa shape index (κ2) is 10.4. The number of aromatic nitrogens is 2. The SMILES string of the molecule is CCc1c(C(=O)NN2C(C)(C)C(C)(C)C(C)(C)C(C)(C)C2(C)C)nn(-c2ccc(Cl)cc2Cl)c1-c1ccc(Br)cc1. The minimum atomic E-state index is -0.381. The van der Waals surface area contributed by atoms with Crippen molar-refractivity contribution in [3.63, 3.8) is 0 Å². The Morgan fingerprint density at radius 1 is 0.854 bits per heavy atom. The van der Waals surface area contributed by atoms with E-state index in [1.165, 1.54) is 0 Å². The summed E-state index contributed by atoms with van der Waals surface area (Å²) in [6.45, 7) is 24.9. The first kappa shape index (κ1) is 32.1. The van der Waals surface area contributed by atoms with Gasteiger partial charge in [0, 0.05) is 31.7 Å². The smallest absolute Gasteiger partial charge is 0.282 e. The lowest BCUT2D eigenvalue weighted by Crippen LogP contribution is -2.80. The minimum absolute atomic E-state index is 0.0372. The van der Waals surface area contributed by atoms with Crippen molar-refractivity contribution in [1.82, 2.24) is 20.2 Å². The number of halogens is 3. The fourth-order valence-electron chi connectivity index (χ4n) is 6.70. The van der Waals surface area contributed by atoms with Crippen LogP contribution >= 0.6 is 39.1 Å². The molecule has 1 fully saturated rings. The maximum Gasteiger partial charge on any atom is 0.286 e. The van der Waals surface area contributed by atoms with Crippen molar-refractivity contribution in [2.75, 3.05) is 0 Å². The van der Waals surface area contributed by atoms with E-state index in [-0.39, 0.29) is 33.2 Å². The molecule has 2 heterocycles. The molecular formula is C33H43BrCl2N4O. The molecule has 5 nitrogen and oxygen atoms in total. The molecule has 1 aliphatic heterocycles. The van der Waals surface area contributed by atoms with Crippen molar-refractivity contribution in [1.29, 1.82) is 0 Å². The molecule has 3 aromatic rings. The average Bonchev–Trinajstić information content (AvgIpc) is 3.25. The second-order valence-corrected chi connectivity index (χ2v) is 15.6. The molecule has 1 N–H and O–H groups in total. The Hall–Kier alpha value is -1.86. The largest absolute Gasteiger partial charge is 0.286 e. The van der Waals surface area contributed by atoms with Crippen LogP contribution in [0, 0.1) is 16.2 Å². The van der Waals surface area contributed by atoms with Crippen LogP contribution in [0.25, 0.3) is 16.9 Å². The number of nitrogens with zero attached hydrogens (tertiary/aromatic N) is 3. The lowest BCUT2D eigenvalue weighted by Gasteiger charge is -2.73. The number of carbonyl (C=O) groups excluding carboxylic acids is 1. The Balaban J connectivity index is 1.91. The lowest BCUT2D eigenvalue weighted by molar-refractivity contribution is -0.259. The number of hydrogen-bond donors (Lipinski definition) is 1. The van der Waals surface area contributed by atoms with Gasteiger partial charge in [0.05, 0.1) is 16.4 Å². The quantitative estimate of drug-likeness (QED) is 0.296. The van der Waals surface area contributed by atoms with Crippen molar-refractivity contribution < 1.29 is 4.79 Å². The molecule has 0 bridgehead atoms. The van der Waals surface area contributed by atoms with Crippen molar-refractivity contribution in [3.05, 3.63) is 68.2 Å². The van der Waals surface area contributed by atoms with Gasteiger partial charge >= 0.3 is 0 Å². The standard InChI is InChI=1S/C33H43BrCl2N4O/c1-12-23-26(28(41)38-40-32(8,9)30(4,5)29(2,3)31(6,7)33(40,10)11)37-39(25-18-17-22(35)19-24(25)36)27(23)20-13-15-21(34)16-14-20/h13-19H,12H2,1-11H3,(H,38,41). The maximum atomic E-state index is 14.4. The predicted octanol–water partition coefficient (Wildman–Crippen LogP) is 9.77. The van der Waals surface area contributed by atoms with Gasteiger partial charge in [-0.2, -0.15) is 5.10 Å². The fourth-order valence-corrected chi connectivity index (χ4v) is 7.45. The first-order valence-electron chi connectivity index (χ1n) is 14.2. The number of piperidine rings is 1. The molecule has 1 aromatic heterocycles. The molecule has 0 spiro atoms. The van der Waals surface area contributed by atoms with Gasteiger partial charge in [0.1, 0.15) is 0 Å². The van der Waals surface area contributed by atoms with Crippen molar-refractivity contribution in [3.8, 4) is 16.9 Å². The zero-order valence-electron chi connectivity index (χ0n) is 26.1. The Morgan fingerprint density at radius 2 is 1.39 bits per heavy atom. The highest BCUT2D eigenvalue weighted by atomic mass is 79.9. The average molecular weight is 663 g/mol. The maximum absolute atomic E-state index is 14.4. The molecule has 0 saturated carbocycles. The summed E-state index contributed by atoms with van der Waals surface area (Å²) >= 11 is 16.5. The fraction of sp³-hybridized carbons (Fsp3) is 0.515. The first-order valence-corrected chi connectivity index (χ1v) is 15.7. The van der Waals surface area contributed by atoms with Crippen LogP contribution in [-0.4, -0.2) is 31.8 Å². The van der Waals surface area contributed by atoms with Gasteiger partial charge < -0.3 is 0 Å². The molecule has 1 aliphatic rings. The number of hydrazine groups is 1. The van der Waals surface area contributed by atoms with Gasteiger partial charge in [0.15, 0.2) is 5.69 Å². The molecule has 0 atom stereocenters. The van der Waals surface area contributed by atoms with Crippen molar-refractivity contribution in [2.45, 2.75) is 93.7 Å². The van der Waals surface area contributed by atoms with Gasteiger partial charge in [-0.1, -0.05) is 99.7 Å². The summed E-state index contributed by atoms with van der Waals surface area (Å²) in [6.07, 6.45) is 0.607. The van der Waals surface area contributed by atoms with Crippen molar-refractivity contribution in [2.24, 2.45) is 16.2 Å². The first-order chi connectivity index (χ1) is 18.7. The van der Waals surface area contributed by atoms with Crippen LogP contribution in [0.3, 0.4) is 0 Å². The molecule has 0 radical (unpaired) electrons. The summed E-state index contributed by atoms with van der Waals surface area (Å²) in [6, 6.07) is 13.3. The molecule has 4 rings (SSSR count). The normalized spacial score (nSPS) is 20.5. The summed E-state index contributed by atoms with van der Waals surface area (Å²) < 4.78 is 2.75. The summed E-state index contributed by atoms with van der Waals surface area (Å²) in [7, 11) is 0. The van der Waals surface area contributed by atoms with E-state index in [0.29, 0.717) is 27.8 Å². The van der Waals surface area contributed by atoms with Crippen LogP contribution in [-0.2, 0) is 6.42 Å². The topological polar surface area (TPSA) is 50.2 Å². The summed E-state index contributed by atoms with van der Waals surface area (Å²) in [4.78, 5) is 14.4. The third-order valence-electron chi connectivity index (χ3n) is 11.3. The molecule has 1 amide bonds. The molecule has 2 aromatic carbocycles. The van der Waals surface area contributed by atoms with Gasteiger partial charge in [-0.3, -0.25) is 10.2 Å². The number of rotatable bonds is 5. The Morgan fingerprint density at radius 3 is 1.88 bits per heavy atom. The van der Waals surface area contributed by atoms with Crippen LogP contribution < -0.4 is 5.43 Å². The van der Waals surface area contributed by atoms with Gasteiger partial charge in [-0.05, 0) is 80.7 Å². The summed E-state index contributed by atoms with van der Waals surface area (Å²) in [5.74, 6) is -0.239. The number of benzene rings is 2. The predicted molar refractivity (Wildman–Crippen MR) is 175 cm³/mol. The number of amides is 1. The van der Waals surface area contributed by atoms with E-state index in [2.05, 4.69) is 95.6 Å². The van der Waals surface area contributed by atoms with Crippen LogP contribution in [0.5, 0.6) is 0 Å². The van der Waals surface area contributed by atoms with Crippen molar-refractivity contribution >= 4 is 45.0 Å². The lowest BCUT2D eigenvalue weighted by atomic mass is 9.42. The highest BCUT2D eigenvalue weighted by Gasteiger charge is 2.68. The minimum Gasteiger partial charge on any atom is -0.282 e. The van der Waals surface area contributed by atoms with E-state index in [9.17, 15) is 4.79 Å². The van der Waals surface area contributed by atoms with Crippen LogP contribution in [0.1, 0.15) is 92.2 Å². The molecule has 0 unspecified atom stereocenters. The molecule has 0 aliphatic carbocycles. The molecule has 222 valence electrons. The van der Waals surface area contributed by atoms with Gasteiger partial charge in [0.25, 0.3) is 5.91 Å². The molecule has 1 saturated heterocycles. The Bertz CT molecular complexity index is 1460. The number of hydrogen-bond acceptors (Lipinski definition) is 3. The van der Waals surface area contributed by atoms with Gasteiger partial charge in [-0.15, -0.1) is 0 Å². The molecular weight excluding hydrogens is 619 g/mol. The summed E-state index contributed by atoms with van der Waals surface area (Å²) in [5, 5.41) is 8.11. The molecule has 8 heteroatoms. The van der Waals surface area contributed by atoms with Gasteiger partial charge in [-0.25, -0.2) is 9.69 Å². The number of nitrogens with one attached hydrogen (secondary N) is 1. The van der Waals surface area contributed by atoms with E-state index in [1.54, 1.807) is 16.8 Å². The van der Waals surface area contributed by atoms with Crippen LogP contribution in [0.4, 0.5) is 0 Å². The zero-order chi connectivity index (χ0) is 30.9. The highest BCUT2D eigenvalue weighted by Crippen LogP contribution is 2.66. The van der Waals surface area contributed by atoms with E-state index >= 15 is 0 Å². The summed E-state index contributed by atoms with van der Waals surface area (Å²) in [5.41, 5.74) is 5.91. The van der Waals surface area contributed by atoms with Crippen LogP contribution in [0.15, 0.2) is 46.9 Å². The highest BCUT2D eigenvalue weighted by molar-refractivity contribution is 9.10. The monoisotopic (exact) mass is 660 g/mol. The Labute approximate surface area is 264 Å². The molecule has 41 heavy (non-hydrogen) atoms. The number of carbonyl (C=O) groups is 1. The van der Waals surface area contributed by atoms with E-state index < -0.39 is 0 Å². The Kier molecular flexibility index (Phi) is 8.13. The second-order valence-electron chi connectivity index (χ2n) is 13.8. The van der Waals surface area contributed by atoms with Crippen LogP contribution in [0.2, 0.25) is 10.0 Å².